The molecule has 2 bridgehead atoms. The van der Waals surface area contributed by atoms with E-state index in [9.17, 15) is 12.8 Å². The number of sulfonamides is 1. The van der Waals surface area contributed by atoms with Gasteiger partial charge in [-0.3, -0.25) is 0 Å². The number of hydrogen-bond acceptors (Lipinski definition) is 4. The molecule has 8 heteroatoms. The van der Waals surface area contributed by atoms with Crippen LogP contribution in [0.3, 0.4) is 0 Å². The average Bonchev–Trinajstić information content (AvgIpc) is 2.75. The largest absolute Gasteiger partial charge is 0.494 e. The number of rotatable bonds is 3. The van der Waals surface area contributed by atoms with Crippen molar-refractivity contribution >= 4 is 22.4 Å². The first-order valence-electron chi connectivity index (χ1n) is 7.54. The third-order valence-corrected chi connectivity index (χ3v) is 6.81. The Morgan fingerprint density at radius 2 is 1.96 bits per heavy atom. The lowest BCUT2D eigenvalue weighted by atomic mass is 10.1. The second-order valence-corrected chi connectivity index (χ2v) is 7.73. The van der Waals surface area contributed by atoms with Crippen LogP contribution in [0.5, 0.6) is 5.75 Å². The van der Waals surface area contributed by atoms with Crippen LogP contribution < -0.4 is 10.1 Å². The van der Waals surface area contributed by atoms with Crippen LogP contribution in [0.4, 0.5) is 4.39 Å². The second kappa shape index (κ2) is 6.93. The summed E-state index contributed by atoms with van der Waals surface area (Å²) in [6.07, 6.45) is 2.53. The maximum absolute atomic E-state index is 14.2. The van der Waals surface area contributed by atoms with Crippen LogP contribution in [0.1, 0.15) is 24.8 Å². The Morgan fingerprint density at radius 1 is 1.26 bits per heavy atom. The Morgan fingerprint density at radius 3 is 2.65 bits per heavy atom. The summed E-state index contributed by atoms with van der Waals surface area (Å²) in [6, 6.07) is 2.80. The number of nitrogens with zero attached hydrogens (tertiary/aromatic N) is 1. The standard InChI is InChI=1S/C15H21FN2O3S.ClH/c1-10-14(6-5-13(21-2)15(10)16)22(19,20)18-11-3-4-12(18)9-17-8-7-11;/h5-6,11-12,17H,3-4,7-9H2,1-2H3;1H. The molecule has 1 N–H and O–H groups in total. The van der Waals surface area contributed by atoms with Crippen LogP contribution in [0.15, 0.2) is 17.0 Å². The van der Waals surface area contributed by atoms with E-state index in [1.165, 1.54) is 26.2 Å². The number of hydrogen-bond donors (Lipinski definition) is 1. The molecule has 0 aliphatic carbocycles. The first-order chi connectivity index (χ1) is 10.5. The fraction of sp³-hybridized carbons (Fsp3) is 0.600. The summed E-state index contributed by atoms with van der Waals surface area (Å²) in [5.74, 6) is -0.541. The van der Waals surface area contributed by atoms with Gasteiger partial charge in [0.15, 0.2) is 11.6 Å². The van der Waals surface area contributed by atoms with E-state index in [2.05, 4.69) is 5.32 Å². The minimum Gasteiger partial charge on any atom is -0.494 e. The number of halogens is 2. The van der Waals surface area contributed by atoms with Crippen LogP contribution in [0, 0.1) is 12.7 Å². The van der Waals surface area contributed by atoms with Crippen molar-refractivity contribution in [2.24, 2.45) is 0 Å². The first-order valence-corrected chi connectivity index (χ1v) is 8.98. The number of ether oxygens (including phenoxy) is 1. The molecule has 2 unspecified atom stereocenters. The smallest absolute Gasteiger partial charge is 0.243 e. The molecule has 3 rings (SSSR count). The minimum atomic E-state index is -3.70. The average molecular weight is 365 g/mol. The zero-order valence-electron chi connectivity index (χ0n) is 13.2. The van der Waals surface area contributed by atoms with Gasteiger partial charge in [-0.1, -0.05) is 0 Å². The lowest BCUT2D eigenvalue weighted by Crippen LogP contribution is -2.42. The highest BCUT2D eigenvalue weighted by molar-refractivity contribution is 7.89. The summed E-state index contributed by atoms with van der Waals surface area (Å²) in [5.41, 5.74) is 0.121. The molecule has 0 amide bonds. The van der Waals surface area contributed by atoms with Gasteiger partial charge in [0.2, 0.25) is 10.0 Å². The van der Waals surface area contributed by atoms with E-state index < -0.39 is 15.8 Å². The molecule has 130 valence electrons. The molecule has 2 aliphatic heterocycles. The lowest BCUT2D eigenvalue weighted by Gasteiger charge is -2.27. The number of methoxy groups -OCH3 is 1. The van der Waals surface area contributed by atoms with Gasteiger partial charge in [-0.15, -0.1) is 12.4 Å². The predicted molar refractivity (Wildman–Crippen MR) is 88.3 cm³/mol. The topological polar surface area (TPSA) is 58.6 Å². The van der Waals surface area contributed by atoms with Crippen molar-refractivity contribution in [2.75, 3.05) is 20.2 Å². The molecule has 2 atom stereocenters. The summed E-state index contributed by atoms with van der Waals surface area (Å²) >= 11 is 0. The number of benzene rings is 1. The van der Waals surface area contributed by atoms with E-state index >= 15 is 0 Å². The van der Waals surface area contributed by atoms with Crippen molar-refractivity contribution < 1.29 is 17.5 Å². The van der Waals surface area contributed by atoms with Gasteiger partial charge < -0.3 is 10.1 Å². The minimum absolute atomic E-state index is 0. The van der Waals surface area contributed by atoms with E-state index in [1.54, 1.807) is 4.31 Å². The molecule has 0 radical (unpaired) electrons. The molecule has 0 saturated carbocycles. The van der Waals surface area contributed by atoms with Gasteiger partial charge in [0.25, 0.3) is 0 Å². The molecule has 2 aliphatic rings. The Bertz CT molecular complexity index is 670. The normalized spacial score (nSPS) is 24.8. The van der Waals surface area contributed by atoms with Crippen LogP contribution in [0.25, 0.3) is 0 Å². The Kier molecular flexibility index (Phi) is 5.56. The fourth-order valence-corrected chi connectivity index (χ4v) is 5.64. The Labute approximate surface area is 142 Å². The molecule has 5 nitrogen and oxygen atoms in total. The van der Waals surface area contributed by atoms with Gasteiger partial charge in [0, 0.05) is 24.2 Å². The summed E-state index contributed by atoms with van der Waals surface area (Å²) in [5, 5.41) is 3.28. The quantitative estimate of drug-likeness (QED) is 0.892. The highest BCUT2D eigenvalue weighted by Crippen LogP contribution is 2.36. The second-order valence-electron chi connectivity index (χ2n) is 5.92. The van der Waals surface area contributed by atoms with E-state index in [0.717, 1.165) is 25.8 Å². The summed E-state index contributed by atoms with van der Waals surface area (Å²) in [7, 11) is -2.33. The molecule has 0 spiro atoms. The Balaban J connectivity index is 0.00000192. The van der Waals surface area contributed by atoms with Gasteiger partial charge in [0.1, 0.15) is 0 Å². The van der Waals surface area contributed by atoms with Gasteiger partial charge >= 0.3 is 0 Å². The van der Waals surface area contributed by atoms with E-state index in [-0.39, 0.29) is 40.7 Å². The lowest BCUT2D eigenvalue weighted by molar-refractivity contribution is 0.333. The fourth-order valence-electron chi connectivity index (χ4n) is 3.52. The van der Waals surface area contributed by atoms with Crippen LogP contribution in [-0.2, 0) is 10.0 Å². The molecule has 23 heavy (non-hydrogen) atoms. The van der Waals surface area contributed by atoms with Crippen LogP contribution in [0.2, 0.25) is 0 Å². The van der Waals surface area contributed by atoms with E-state index in [4.69, 9.17) is 4.74 Å². The molecule has 2 fully saturated rings. The zero-order valence-corrected chi connectivity index (χ0v) is 14.8. The maximum atomic E-state index is 14.2. The van der Waals surface area contributed by atoms with Crippen molar-refractivity contribution in [1.82, 2.24) is 9.62 Å². The van der Waals surface area contributed by atoms with Gasteiger partial charge in [0.05, 0.1) is 12.0 Å². The maximum Gasteiger partial charge on any atom is 0.243 e. The van der Waals surface area contributed by atoms with E-state index in [0.29, 0.717) is 6.54 Å². The zero-order chi connectivity index (χ0) is 15.9. The SMILES string of the molecule is COc1ccc(S(=O)(=O)N2C3CCNCC2CC3)c(C)c1F.Cl. The first kappa shape index (κ1) is 18.4. The van der Waals surface area contributed by atoms with Crippen molar-refractivity contribution in [3.05, 3.63) is 23.5 Å². The highest BCUT2D eigenvalue weighted by Gasteiger charge is 2.43. The molecule has 0 aromatic heterocycles. The van der Waals surface area contributed by atoms with Crippen molar-refractivity contribution in [3.63, 3.8) is 0 Å². The molecule has 2 heterocycles. The van der Waals surface area contributed by atoms with Gasteiger partial charge in [-0.05, 0) is 44.9 Å². The molecule has 2 saturated heterocycles. The van der Waals surface area contributed by atoms with Gasteiger partial charge in [-0.25, -0.2) is 12.8 Å². The summed E-state index contributed by atoms with van der Waals surface area (Å²) < 4.78 is 46.9. The third-order valence-electron chi connectivity index (χ3n) is 4.66. The molecule has 1 aromatic carbocycles. The monoisotopic (exact) mass is 364 g/mol. The van der Waals surface area contributed by atoms with Gasteiger partial charge in [-0.2, -0.15) is 4.31 Å². The summed E-state index contributed by atoms with van der Waals surface area (Å²) in [4.78, 5) is 0.0459. The van der Waals surface area contributed by atoms with Crippen LogP contribution >= 0.6 is 12.4 Å². The third kappa shape index (κ3) is 3.07. The van der Waals surface area contributed by atoms with Crippen molar-refractivity contribution in [1.29, 1.82) is 0 Å². The molecular weight excluding hydrogens is 343 g/mol. The van der Waals surface area contributed by atoms with Crippen LogP contribution in [-0.4, -0.2) is 45.0 Å². The molecule has 1 aromatic rings. The van der Waals surface area contributed by atoms with Crippen molar-refractivity contribution in [3.8, 4) is 5.75 Å². The molecular formula is C15H22ClFN2O3S. The summed E-state index contributed by atoms with van der Waals surface area (Å²) in [6.45, 7) is 2.97. The van der Waals surface area contributed by atoms with Crippen molar-refractivity contribution in [2.45, 2.75) is 43.2 Å². The Hall–Kier alpha value is -0.890. The van der Waals surface area contributed by atoms with E-state index in [1.807, 2.05) is 0 Å². The highest BCUT2D eigenvalue weighted by atomic mass is 35.5. The number of fused-ring (bicyclic) bond motifs is 2. The number of nitrogens with one attached hydrogen (secondary N) is 1. The predicted octanol–water partition coefficient (Wildman–Crippen LogP) is 2.08.